The molecule has 1 saturated heterocycles. The van der Waals surface area contributed by atoms with Gasteiger partial charge in [-0.1, -0.05) is 0 Å². The number of carboxylic acids is 1. The Morgan fingerprint density at radius 1 is 1.25 bits per heavy atom. The van der Waals surface area contributed by atoms with Gasteiger partial charge in [-0.2, -0.15) is 0 Å². The van der Waals surface area contributed by atoms with Crippen molar-refractivity contribution >= 4 is 5.97 Å². The van der Waals surface area contributed by atoms with Crippen LogP contribution in [0.2, 0.25) is 0 Å². The molecule has 1 aromatic carbocycles. The summed E-state index contributed by atoms with van der Waals surface area (Å²) in [7, 11) is 1.50. The molecule has 0 saturated carbocycles. The van der Waals surface area contributed by atoms with Gasteiger partial charge in [-0.3, -0.25) is 0 Å². The molecule has 1 heterocycles. The number of benzene rings is 1. The number of carbonyl (C=O) groups excluding carboxylic acids is 1. The lowest BCUT2D eigenvalue weighted by Crippen LogP contribution is -3.13. The Morgan fingerprint density at radius 2 is 2.00 bits per heavy atom. The number of aromatic carboxylic acids is 1. The second-order valence-electron chi connectivity index (χ2n) is 5.06. The standard InChI is InChI=1S/C15H21NO4/c1-19-14-11-12(15(17)18)5-6-13(14)20-10-9-16-7-3-2-4-8-16/h5-6,11H,2-4,7-10H2,1H3,(H,17,18). The maximum Gasteiger partial charge on any atom is 0.161 e. The molecule has 5 heteroatoms. The molecule has 0 bridgehead atoms. The van der Waals surface area contributed by atoms with Crippen LogP contribution in [0, 0.1) is 0 Å². The Balaban J connectivity index is 1.89. The molecule has 1 aliphatic heterocycles. The zero-order valence-electron chi connectivity index (χ0n) is 11.8. The Morgan fingerprint density at radius 3 is 2.65 bits per heavy atom. The van der Waals surface area contributed by atoms with Gasteiger partial charge in [0.1, 0.15) is 13.2 Å². The Kier molecular flexibility index (Phi) is 5.24. The first-order valence-corrected chi connectivity index (χ1v) is 7.06. The fourth-order valence-corrected chi connectivity index (χ4v) is 2.52. The largest absolute Gasteiger partial charge is 0.545 e. The summed E-state index contributed by atoms with van der Waals surface area (Å²) in [5.41, 5.74) is 0.0934. The van der Waals surface area contributed by atoms with Crippen molar-refractivity contribution in [2.24, 2.45) is 0 Å². The van der Waals surface area contributed by atoms with Crippen LogP contribution >= 0.6 is 0 Å². The molecule has 110 valence electrons. The number of piperidine rings is 1. The monoisotopic (exact) mass is 279 g/mol. The number of ether oxygens (including phenoxy) is 2. The van der Waals surface area contributed by atoms with Crippen LogP contribution in [0.1, 0.15) is 29.6 Å². The highest BCUT2D eigenvalue weighted by Crippen LogP contribution is 2.27. The minimum atomic E-state index is -1.22. The van der Waals surface area contributed by atoms with Crippen LogP contribution in [-0.2, 0) is 0 Å². The second kappa shape index (κ2) is 7.14. The average molecular weight is 279 g/mol. The van der Waals surface area contributed by atoms with E-state index >= 15 is 0 Å². The number of hydrogen-bond donors (Lipinski definition) is 1. The zero-order chi connectivity index (χ0) is 14.4. The van der Waals surface area contributed by atoms with E-state index in [0.717, 1.165) is 6.54 Å². The number of rotatable bonds is 6. The number of methoxy groups -OCH3 is 1. The van der Waals surface area contributed by atoms with E-state index in [2.05, 4.69) is 0 Å². The predicted octanol–water partition coefficient (Wildman–Crippen LogP) is -0.494. The zero-order valence-corrected chi connectivity index (χ0v) is 11.8. The molecule has 0 aliphatic carbocycles. The number of hydrogen-bond acceptors (Lipinski definition) is 4. The van der Waals surface area contributed by atoms with E-state index in [9.17, 15) is 9.90 Å². The summed E-state index contributed by atoms with van der Waals surface area (Å²) in [4.78, 5) is 12.4. The predicted molar refractivity (Wildman–Crippen MR) is 72.2 cm³/mol. The highest BCUT2D eigenvalue weighted by atomic mass is 16.5. The van der Waals surface area contributed by atoms with Gasteiger partial charge in [-0.05, 0) is 37.5 Å². The summed E-state index contributed by atoms with van der Waals surface area (Å²) in [6.45, 7) is 4.00. The van der Waals surface area contributed by atoms with Gasteiger partial charge in [0.2, 0.25) is 0 Å². The van der Waals surface area contributed by atoms with Gasteiger partial charge in [0.25, 0.3) is 0 Å². The maximum absolute atomic E-state index is 10.8. The van der Waals surface area contributed by atoms with Crippen LogP contribution in [0.3, 0.4) is 0 Å². The SMILES string of the molecule is COc1cc(C(=O)[O-])ccc1OCC[NH+]1CCCCC1. The summed E-state index contributed by atoms with van der Waals surface area (Å²) in [5.74, 6) is -0.207. The highest BCUT2D eigenvalue weighted by molar-refractivity contribution is 5.86. The molecule has 2 rings (SSSR count). The van der Waals surface area contributed by atoms with E-state index in [-0.39, 0.29) is 5.56 Å². The van der Waals surface area contributed by atoms with Crippen LogP contribution in [-0.4, -0.2) is 39.3 Å². The lowest BCUT2D eigenvalue weighted by Gasteiger charge is -2.23. The molecule has 0 atom stereocenters. The third-order valence-electron chi connectivity index (χ3n) is 3.67. The normalized spacial score (nSPS) is 15.8. The van der Waals surface area contributed by atoms with Crippen LogP contribution in [0.4, 0.5) is 0 Å². The van der Waals surface area contributed by atoms with Crippen molar-refractivity contribution in [1.82, 2.24) is 0 Å². The molecule has 0 spiro atoms. The molecular formula is C15H21NO4. The number of carbonyl (C=O) groups is 1. The third kappa shape index (κ3) is 3.87. The van der Waals surface area contributed by atoms with Gasteiger partial charge < -0.3 is 24.3 Å². The first-order chi connectivity index (χ1) is 9.70. The number of quaternary nitrogens is 1. The molecule has 0 radical (unpaired) electrons. The van der Waals surface area contributed by atoms with Crippen molar-refractivity contribution in [3.05, 3.63) is 23.8 Å². The lowest BCUT2D eigenvalue weighted by molar-refractivity contribution is -0.904. The molecule has 5 nitrogen and oxygen atoms in total. The molecule has 0 unspecified atom stereocenters. The highest BCUT2D eigenvalue weighted by Gasteiger charge is 2.13. The second-order valence-corrected chi connectivity index (χ2v) is 5.06. The minimum Gasteiger partial charge on any atom is -0.545 e. The van der Waals surface area contributed by atoms with E-state index in [1.54, 1.807) is 11.0 Å². The molecule has 1 aromatic rings. The molecule has 0 amide bonds. The van der Waals surface area contributed by atoms with E-state index in [4.69, 9.17) is 9.47 Å². The average Bonchev–Trinajstić information content (AvgIpc) is 2.48. The summed E-state index contributed by atoms with van der Waals surface area (Å²) in [5, 5.41) is 10.8. The van der Waals surface area contributed by atoms with E-state index in [0.29, 0.717) is 18.1 Å². The van der Waals surface area contributed by atoms with Crippen LogP contribution in [0.25, 0.3) is 0 Å². The van der Waals surface area contributed by atoms with Gasteiger partial charge in [0.15, 0.2) is 11.5 Å². The van der Waals surface area contributed by atoms with E-state index in [1.165, 1.54) is 51.6 Å². The fourth-order valence-electron chi connectivity index (χ4n) is 2.52. The van der Waals surface area contributed by atoms with E-state index < -0.39 is 5.97 Å². The lowest BCUT2D eigenvalue weighted by atomic mass is 10.1. The third-order valence-corrected chi connectivity index (χ3v) is 3.67. The minimum absolute atomic E-state index is 0.0934. The van der Waals surface area contributed by atoms with Gasteiger partial charge in [0.05, 0.1) is 26.2 Å². The van der Waals surface area contributed by atoms with Crippen LogP contribution < -0.4 is 19.5 Å². The summed E-state index contributed by atoms with van der Waals surface area (Å²) in [6, 6.07) is 4.52. The quantitative estimate of drug-likeness (QED) is 0.763. The van der Waals surface area contributed by atoms with Crippen molar-refractivity contribution in [3.8, 4) is 11.5 Å². The van der Waals surface area contributed by atoms with Crippen molar-refractivity contribution in [2.45, 2.75) is 19.3 Å². The van der Waals surface area contributed by atoms with Gasteiger partial charge in [-0.25, -0.2) is 0 Å². The molecule has 1 aliphatic rings. The Bertz CT molecular complexity index is 455. The first kappa shape index (κ1) is 14.7. The first-order valence-electron chi connectivity index (χ1n) is 7.06. The molecule has 20 heavy (non-hydrogen) atoms. The summed E-state index contributed by atoms with van der Waals surface area (Å²) in [6.07, 6.45) is 3.92. The molecule has 0 aromatic heterocycles. The summed E-state index contributed by atoms with van der Waals surface area (Å²) >= 11 is 0. The Labute approximate surface area is 119 Å². The van der Waals surface area contributed by atoms with Crippen molar-refractivity contribution < 1.29 is 24.3 Å². The smallest absolute Gasteiger partial charge is 0.161 e. The van der Waals surface area contributed by atoms with Gasteiger partial charge in [0, 0.05) is 5.56 Å². The maximum atomic E-state index is 10.8. The molecule has 1 N–H and O–H groups in total. The van der Waals surface area contributed by atoms with Gasteiger partial charge >= 0.3 is 0 Å². The number of nitrogens with one attached hydrogen (secondary N) is 1. The summed E-state index contributed by atoms with van der Waals surface area (Å²) < 4.78 is 10.9. The van der Waals surface area contributed by atoms with Crippen LogP contribution in [0.5, 0.6) is 11.5 Å². The van der Waals surface area contributed by atoms with Gasteiger partial charge in [-0.15, -0.1) is 0 Å². The Hall–Kier alpha value is -1.75. The van der Waals surface area contributed by atoms with Crippen molar-refractivity contribution in [2.75, 3.05) is 33.4 Å². The fraction of sp³-hybridized carbons (Fsp3) is 0.533. The van der Waals surface area contributed by atoms with E-state index in [1.807, 2.05) is 0 Å². The molecular weight excluding hydrogens is 258 g/mol. The number of likely N-dealkylation sites (tertiary alicyclic amines) is 1. The van der Waals surface area contributed by atoms with Crippen molar-refractivity contribution in [3.63, 3.8) is 0 Å². The topological polar surface area (TPSA) is 63.0 Å². The number of carboxylic acid groups (broad SMARTS) is 1. The molecule has 1 fully saturated rings. The van der Waals surface area contributed by atoms with Crippen molar-refractivity contribution in [1.29, 1.82) is 0 Å². The van der Waals surface area contributed by atoms with Crippen LogP contribution in [0.15, 0.2) is 18.2 Å².